The first-order valence-corrected chi connectivity index (χ1v) is 11.4. The van der Waals surface area contributed by atoms with Crippen molar-refractivity contribution in [1.29, 1.82) is 0 Å². The van der Waals surface area contributed by atoms with E-state index in [0.29, 0.717) is 12.3 Å². The molecule has 7 heteroatoms. The number of benzene rings is 1. The van der Waals surface area contributed by atoms with Crippen LogP contribution in [-0.2, 0) is 4.79 Å². The van der Waals surface area contributed by atoms with Crippen LogP contribution in [0.5, 0.6) is 0 Å². The van der Waals surface area contributed by atoms with Gasteiger partial charge in [-0.3, -0.25) is 14.8 Å². The Morgan fingerprint density at radius 3 is 2.53 bits per heavy atom. The van der Waals surface area contributed by atoms with Crippen molar-refractivity contribution < 1.29 is 4.79 Å². The molecule has 1 aromatic rings. The van der Waals surface area contributed by atoms with Gasteiger partial charge in [-0.05, 0) is 37.8 Å². The standard InChI is InChI=1S/C25H32N6O/c1-26-11-12-28-21-17-23(29-24(18-21)27-2)19-7-9-22(10-8-19)30-13-15-31(16-14-30)25(32)20-5-3-4-6-20/h7-12,17,20,28H,1,3-6,13-16,18H2,2H3/b12-11-,27-24?. The molecule has 3 aliphatic rings. The Balaban J connectivity index is 1.39. The van der Waals surface area contributed by atoms with Crippen LogP contribution >= 0.6 is 0 Å². The number of dihydropyridines is 1. The third-order valence-corrected chi connectivity index (χ3v) is 6.44. The van der Waals surface area contributed by atoms with Crippen LogP contribution in [-0.4, -0.2) is 62.3 Å². The number of aliphatic imine (C=N–C) groups is 3. The molecule has 1 amide bonds. The lowest BCUT2D eigenvalue weighted by atomic mass is 10.0. The van der Waals surface area contributed by atoms with Gasteiger partial charge < -0.3 is 15.1 Å². The van der Waals surface area contributed by atoms with Crippen LogP contribution in [0.25, 0.3) is 0 Å². The molecule has 4 rings (SSSR count). The van der Waals surface area contributed by atoms with Gasteiger partial charge >= 0.3 is 0 Å². The van der Waals surface area contributed by atoms with Crippen LogP contribution in [0.15, 0.2) is 63.4 Å². The highest BCUT2D eigenvalue weighted by Crippen LogP contribution is 2.27. The fourth-order valence-electron chi connectivity index (χ4n) is 4.62. The first kappa shape index (κ1) is 22.0. The van der Waals surface area contributed by atoms with Crippen LogP contribution in [0.1, 0.15) is 37.7 Å². The molecule has 2 heterocycles. The summed E-state index contributed by atoms with van der Waals surface area (Å²) >= 11 is 0. The number of amides is 1. The summed E-state index contributed by atoms with van der Waals surface area (Å²) in [5.41, 5.74) is 4.14. The molecule has 1 N–H and O–H groups in total. The summed E-state index contributed by atoms with van der Waals surface area (Å²) in [6, 6.07) is 8.51. The van der Waals surface area contributed by atoms with Gasteiger partial charge in [-0.2, -0.15) is 0 Å². The van der Waals surface area contributed by atoms with Gasteiger partial charge in [-0.1, -0.05) is 25.0 Å². The maximum Gasteiger partial charge on any atom is 0.225 e. The SMILES string of the molecule is C=N/C=C\NC1=CC(c2ccc(N3CCN(C(=O)C4CCCC4)CC3)cc2)=NC(=NC)C1. The van der Waals surface area contributed by atoms with E-state index < -0.39 is 0 Å². The van der Waals surface area contributed by atoms with E-state index in [-0.39, 0.29) is 5.92 Å². The van der Waals surface area contributed by atoms with E-state index in [9.17, 15) is 4.79 Å². The number of amidine groups is 1. The van der Waals surface area contributed by atoms with Crippen LogP contribution in [0.3, 0.4) is 0 Å². The van der Waals surface area contributed by atoms with E-state index >= 15 is 0 Å². The number of carbonyl (C=O) groups excluding carboxylic acids is 1. The van der Waals surface area contributed by atoms with Crippen molar-refractivity contribution in [3.05, 3.63) is 54.0 Å². The van der Waals surface area contributed by atoms with E-state index in [4.69, 9.17) is 4.99 Å². The third-order valence-electron chi connectivity index (χ3n) is 6.44. The van der Waals surface area contributed by atoms with Crippen LogP contribution in [0.4, 0.5) is 5.69 Å². The zero-order valence-electron chi connectivity index (χ0n) is 18.8. The summed E-state index contributed by atoms with van der Waals surface area (Å²) in [6.07, 6.45) is 10.6. The molecular formula is C25H32N6O. The summed E-state index contributed by atoms with van der Waals surface area (Å²) in [7, 11) is 1.76. The number of piperazine rings is 1. The summed E-state index contributed by atoms with van der Waals surface area (Å²) in [5.74, 6) is 1.43. The van der Waals surface area contributed by atoms with Crippen molar-refractivity contribution in [2.75, 3.05) is 38.1 Å². The number of hydrogen-bond donors (Lipinski definition) is 1. The van der Waals surface area contributed by atoms with Crippen molar-refractivity contribution >= 4 is 29.9 Å². The Bertz CT molecular complexity index is 945. The van der Waals surface area contributed by atoms with Gasteiger partial charge in [0.2, 0.25) is 5.91 Å². The fourth-order valence-corrected chi connectivity index (χ4v) is 4.62. The summed E-state index contributed by atoms with van der Waals surface area (Å²) in [6.45, 7) is 6.82. The van der Waals surface area contributed by atoms with Crippen molar-refractivity contribution in [1.82, 2.24) is 10.2 Å². The van der Waals surface area contributed by atoms with Crippen molar-refractivity contribution in [2.24, 2.45) is 20.9 Å². The van der Waals surface area contributed by atoms with Crippen LogP contribution in [0, 0.1) is 5.92 Å². The highest BCUT2D eigenvalue weighted by atomic mass is 16.2. The molecule has 0 spiro atoms. The van der Waals surface area contributed by atoms with Gasteiger partial charge in [0, 0.05) is 74.9 Å². The van der Waals surface area contributed by atoms with Crippen molar-refractivity contribution in [3.63, 3.8) is 0 Å². The van der Waals surface area contributed by atoms with Gasteiger partial charge in [-0.25, -0.2) is 4.99 Å². The average Bonchev–Trinajstić information content (AvgIpc) is 3.39. The molecule has 168 valence electrons. The molecule has 1 saturated heterocycles. The highest BCUT2D eigenvalue weighted by Gasteiger charge is 2.29. The molecule has 1 aliphatic carbocycles. The normalized spacial score (nSPS) is 21.1. The Labute approximate surface area is 190 Å². The summed E-state index contributed by atoms with van der Waals surface area (Å²) in [4.78, 5) is 29.8. The zero-order chi connectivity index (χ0) is 22.3. The molecule has 32 heavy (non-hydrogen) atoms. The number of rotatable bonds is 6. The summed E-state index contributed by atoms with van der Waals surface area (Å²) < 4.78 is 0. The topological polar surface area (TPSA) is 72.7 Å². The second-order valence-electron chi connectivity index (χ2n) is 8.47. The lowest BCUT2D eigenvalue weighted by Crippen LogP contribution is -2.50. The largest absolute Gasteiger partial charge is 0.368 e. The van der Waals surface area contributed by atoms with Gasteiger partial charge in [0.25, 0.3) is 0 Å². The number of carbonyl (C=O) groups is 1. The van der Waals surface area contributed by atoms with Gasteiger partial charge in [-0.15, -0.1) is 0 Å². The smallest absolute Gasteiger partial charge is 0.225 e. The van der Waals surface area contributed by atoms with Crippen LogP contribution in [0.2, 0.25) is 0 Å². The summed E-state index contributed by atoms with van der Waals surface area (Å²) in [5, 5.41) is 3.23. The third kappa shape index (κ3) is 5.15. The molecule has 2 fully saturated rings. The molecule has 7 nitrogen and oxygen atoms in total. The zero-order valence-corrected chi connectivity index (χ0v) is 18.8. The van der Waals surface area contributed by atoms with Gasteiger partial charge in [0.05, 0.1) is 5.71 Å². The minimum absolute atomic E-state index is 0.268. The minimum atomic E-state index is 0.268. The number of anilines is 1. The fraction of sp³-hybridized carbons (Fsp3) is 0.440. The Morgan fingerprint density at radius 2 is 1.88 bits per heavy atom. The molecule has 0 radical (unpaired) electrons. The molecular weight excluding hydrogens is 400 g/mol. The first-order chi connectivity index (χ1) is 15.7. The van der Waals surface area contributed by atoms with E-state index in [1.807, 2.05) is 6.08 Å². The van der Waals surface area contributed by atoms with E-state index in [0.717, 1.165) is 61.8 Å². The molecule has 0 atom stereocenters. The first-order valence-electron chi connectivity index (χ1n) is 11.4. The molecule has 0 bridgehead atoms. The lowest BCUT2D eigenvalue weighted by molar-refractivity contribution is -0.135. The van der Waals surface area contributed by atoms with E-state index in [2.05, 4.69) is 56.1 Å². The van der Waals surface area contributed by atoms with Crippen LogP contribution < -0.4 is 10.2 Å². The highest BCUT2D eigenvalue weighted by molar-refractivity contribution is 6.16. The number of allylic oxidation sites excluding steroid dienone is 1. The monoisotopic (exact) mass is 432 g/mol. The molecule has 2 aliphatic heterocycles. The predicted octanol–water partition coefficient (Wildman–Crippen LogP) is 3.39. The Hall–Kier alpha value is -3.22. The van der Waals surface area contributed by atoms with Crippen molar-refractivity contribution in [3.8, 4) is 0 Å². The van der Waals surface area contributed by atoms with Gasteiger partial charge in [0.1, 0.15) is 5.84 Å². The molecule has 0 aromatic heterocycles. The average molecular weight is 433 g/mol. The van der Waals surface area contributed by atoms with E-state index in [1.54, 1.807) is 19.4 Å². The Kier molecular flexibility index (Phi) is 7.14. The minimum Gasteiger partial charge on any atom is -0.368 e. The second-order valence-corrected chi connectivity index (χ2v) is 8.47. The number of nitrogens with zero attached hydrogens (tertiary/aromatic N) is 5. The quantitative estimate of drug-likeness (QED) is 0.701. The van der Waals surface area contributed by atoms with Gasteiger partial charge in [0.15, 0.2) is 0 Å². The van der Waals surface area contributed by atoms with Crippen molar-refractivity contribution in [2.45, 2.75) is 32.1 Å². The number of nitrogens with one attached hydrogen (secondary N) is 1. The maximum absolute atomic E-state index is 12.7. The predicted molar refractivity (Wildman–Crippen MR) is 132 cm³/mol. The molecule has 0 unspecified atom stereocenters. The Morgan fingerprint density at radius 1 is 1.16 bits per heavy atom. The maximum atomic E-state index is 12.7. The molecule has 1 aromatic carbocycles. The van der Waals surface area contributed by atoms with E-state index in [1.165, 1.54) is 18.5 Å². The number of hydrogen-bond acceptors (Lipinski definition) is 5. The molecule has 1 saturated carbocycles. The lowest BCUT2D eigenvalue weighted by Gasteiger charge is -2.37. The second kappa shape index (κ2) is 10.4.